The number of morpholine rings is 1. The first-order chi connectivity index (χ1) is 8.90. The molecule has 1 unspecified atom stereocenters. The number of carbonyl (C=O) groups excluding carboxylic acids is 1. The van der Waals surface area contributed by atoms with Crippen LogP contribution in [0.4, 0.5) is 0 Å². The summed E-state index contributed by atoms with van der Waals surface area (Å²) in [6, 6.07) is -0.650. The van der Waals surface area contributed by atoms with E-state index in [9.17, 15) is 13.2 Å². The van der Waals surface area contributed by atoms with Gasteiger partial charge in [-0.25, -0.2) is 8.42 Å². The number of hydrogen-bond donors (Lipinski definition) is 2. The normalized spacial score (nSPS) is 24.9. The molecule has 1 saturated carbocycles. The second-order valence-corrected chi connectivity index (χ2v) is 7.15. The first-order valence-electron chi connectivity index (χ1n) is 6.06. The molecule has 2 fully saturated rings. The summed E-state index contributed by atoms with van der Waals surface area (Å²) in [4.78, 5) is 11.9. The molecule has 1 heterocycles. The average molecular weight is 307 g/mol. The summed E-state index contributed by atoms with van der Waals surface area (Å²) in [7, 11) is -3.67. The first kappa shape index (κ1) is 14.6. The fourth-order valence-electron chi connectivity index (χ4n) is 1.92. The molecule has 1 aliphatic heterocycles. The van der Waals surface area contributed by atoms with Crippen molar-refractivity contribution in [2.45, 2.75) is 24.9 Å². The number of nitrogens with one attached hydrogen (secondary N) is 1. The van der Waals surface area contributed by atoms with Gasteiger partial charge in [0.25, 0.3) is 0 Å². The van der Waals surface area contributed by atoms with E-state index in [0.717, 1.165) is 17.1 Å². The van der Waals surface area contributed by atoms with Gasteiger partial charge in [0.2, 0.25) is 15.9 Å². The number of sulfonamides is 1. The molecule has 108 valence electrons. The summed E-state index contributed by atoms with van der Waals surface area (Å²) in [6.07, 6.45) is 1.89. The van der Waals surface area contributed by atoms with Gasteiger partial charge in [-0.2, -0.15) is 4.31 Å². The third-order valence-corrected chi connectivity index (χ3v) is 5.14. The number of rotatable bonds is 5. The van der Waals surface area contributed by atoms with Gasteiger partial charge in [0.15, 0.2) is 0 Å². The van der Waals surface area contributed by atoms with Gasteiger partial charge in [-0.15, -0.1) is 0 Å². The smallest absolute Gasteiger partial charge is 0.241 e. The van der Waals surface area contributed by atoms with Crippen molar-refractivity contribution in [3.05, 3.63) is 0 Å². The molecule has 2 rings (SSSR count). The summed E-state index contributed by atoms with van der Waals surface area (Å²) < 4.78 is 30.6. The van der Waals surface area contributed by atoms with Crippen molar-refractivity contribution < 1.29 is 17.9 Å². The summed E-state index contributed by atoms with van der Waals surface area (Å²) in [5, 5.41) is 2.79. The van der Waals surface area contributed by atoms with Gasteiger partial charge in [-0.1, -0.05) is 12.2 Å². The maximum atomic E-state index is 12.1. The molecular formula is C10H17N3O4S2. The largest absolute Gasteiger partial charge is 0.392 e. The highest BCUT2D eigenvalue weighted by molar-refractivity contribution is 7.92. The van der Waals surface area contributed by atoms with Crippen LogP contribution in [0.5, 0.6) is 0 Å². The van der Waals surface area contributed by atoms with Gasteiger partial charge in [0.05, 0.1) is 18.2 Å². The Labute approximate surface area is 117 Å². The van der Waals surface area contributed by atoms with Crippen molar-refractivity contribution in [3.63, 3.8) is 0 Å². The van der Waals surface area contributed by atoms with E-state index >= 15 is 0 Å². The minimum atomic E-state index is -3.67. The molecule has 19 heavy (non-hydrogen) atoms. The minimum absolute atomic E-state index is 0.0646. The number of thiocarbonyl (C=S) groups is 1. The number of ether oxygens (including phenoxy) is 1. The van der Waals surface area contributed by atoms with Crippen molar-refractivity contribution in [1.29, 1.82) is 0 Å². The Morgan fingerprint density at radius 2 is 2.16 bits per heavy atom. The molecule has 0 aromatic carbocycles. The van der Waals surface area contributed by atoms with Crippen LogP contribution in [0.1, 0.15) is 12.8 Å². The van der Waals surface area contributed by atoms with Crippen LogP contribution in [0.15, 0.2) is 0 Å². The van der Waals surface area contributed by atoms with E-state index in [2.05, 4.69) is 17.5 Å². The van der Waals surface area contributed by atoms with Crippen LogP contribution in [0.3, 0.4) is 0 Å². The zero-order valence-corrected chi connectivity index (χ0v) is 12.0. The topological polar surface area (TPSA) is 102 Å². The van der Waals surface area contributed by atoms with E-state index in [1.165, 1.54) is 0 Å². The molecular weight excluding hydrogens is 290 g/mol. The summed E-state index contributed by atoms with van der Waals surface area (Å²) in [6.45, 7) is 0.479. The SMILES string of the molecule is NC(=S)CS(=O)(=O)N1CCOCC1C(=O)NC1CC1. The van der Waals surface area contributed by atoms with Crippen molar-refractivity contribution in [1.82, 2.24) is 9.62 Å². The lowest BCUT2D eigenvalue weighted by molar-refractivity contribution is -0.129. The Bertz CT molecular complexity index is 475. The molecule has 0 radical (unpaired) electrons. The molecule has 7 nitrogen and oxygen atoms in total. The van der Waals surface area contributed by atoms with E-state index in [-0.39, 0.29) is 36.7 Å². The highest BCUT2D eigenvalue weighted by Gasteiger charge is 2.39. The van der Waals surface area contributed by atoms with Crippen LogP contribution in [0.25, 0.3) is 0 Å². The van der Waals surface area contributed by atoms with Crippen molar-refractivity contribution in [3.8, 4) is 0 Å². The standard InChI is InChI=1S/C10H17N3O4S2/c11-9(18)6-19(15,16)13-3-4-17-5-8(13)10(14)12-7-1-2-7/h7-8H,1-6H2,(H2,11,18)(H,12,14). The van der Waals surface area contributed by atoms with Crippen LogP contribution in [0.2, 0.25) is 0 Å². The van der Waals surface area contributed by atoms with Gasteiger partial charge < -0.3 is 15.8 Å². The molecule has 0 spiro atoms. The van der Waals surface area contributed by atoms with Gasteiger partial charge in [0, 0.05) is 12.6 Å². The second kappa shape index (κ2) is 5.70. The molecule has 2 aliphatic rings. The molecule has 1 aliphatic carbocycles. The van der Waals surface area contributed by atoms with Gasteiger partial charge in [-0.05, 0) is 12.8 Å². The van der Waals surface area contributed by atoms with Crippen LogP contribution >= 0.6 is 12.2 Å². The average Bonchev–Trinajstić information content (AvgIpc) is 3.11. The fourth-order valence-corrected chi connectivity index (χ4v) is 3.78. The summed E-state index contributed by atoms with van der Waals surface area (Å²) in [5.74, 6) is -0.732. The Kier molecular flexibility index (Phi) is 4.39. The number of amides is 1. The molecule has 9 heteroatoms. The second-order valence-electron chi connectivity index (χ2n) is 4.71. The van der Waals surface area contributed by atoms with Crippen LogP contribution in [-0.4, -0.2) is 61.2 Å². The lowest BCUT2D eigenvalue weighted by atomic mass is 10.2. The quantitative estimate of drug-likeness (QED) is 0.605. The molecule has 0 aromatic heterocycles. The lowest BCUT2D eigenvalue weighted by Gasteiger charge is -2.33. The van der Waals surface area contributed by atoms with E-state index < -0.39 is 21.8 Å². The summed E-state index contributed by atoms with van der Waals surface area (Å²) in [5.41, 5.74) is 5.29. The highest BCUT2D eigenvalue weighted by Crippen LogP contribution is 2.20. The van der Waals surface area contributed by atoms with Crippen molar-refractivity contribution in [2.24, 2.45) is 5.73 Å². The third-order valence-electron chi connectivity index (χ3n) is 2.99. The van der Waals surface area contributed by atoms with Crippen LogP contribution in [0, 0.1) is 0 Å². The van der Waals surface area contributed by atoms with Gasteiger partial charge >= 0.3 is 0 Å². The summed E-state index contributed by atoms with van der Waals surface area (Å²) >= 11 is 4.64. The minimum Gasteiger partial charge on any atom is -0.392 e. The zero-order valence-electron chi connectivity index (χ0n) is 10.4. The highest BCUT2D eigenvalue weighted by atomic mass is 32.2. The maximum absolute atomic E-state index is 12.1. The van der Waals surface area contributed by atoms with Crippen LogP contribution < -0.4 is 11.1 Å². The Balaban J connectivity index is 2.10. The third kappa shape index (κ3) is 3.85. The Morgan fingerprint density at radius 1 is 1.47 bits per heavy atom. The zero-order chi connectivity index (χ0) is 14.0. The predicted octanol–water partition coefficient (Wildman–Crippen LogP) is -1.42. The Morgan fingerprint density at radius 3 is 2.74 bits per heavy atom. The monoisotopic (exact) mass is 307 g/mol. The number of nitrogens with zero attached hydrogens (tertiary/aromatic N) is 1. The number of hydrogen-bond acceptors (Lipinski definition) is 5. The van der Waals surface area contributed by atoms with E-state index in [4.69, 9.17) is 10.5 Å². The molecule has 1 amide bonds. The number of carbonyl (C=O) groups is 1. The molecule has 0 aromatic rings. The van der Waals surface area contributed by atoms with Gasteiger partial charge in [0.1, 0.15) is 11.8 Å². The van der Waals surface area contributed by atoms with E-state index in [1.54, 1.807) is 0 Å². The molecule has 1 saturated heterocycles. The maximum Gasteiger partial charge on any atom is 0.241 e. The molecule has 0 bridgehead atoms. The van der Waals surface area contributed by atoms with E-state index in [1.807, 2.05) is 0 Å². The van der Waals surface area contributed by atoms with E-state index in [0.29, 0.717) is 0 Å². The first-order valence-corrected chi connectivity index (χ1v) is 8.08. The number of nitrogens with two attached hydrogens (primary N) is 1. The van der Waals surface area contributed by atoms with Crippen molar-refractivity contribution in [2.75, 3.05) is 25.5 Å². The fraction of sp³-hybridized carbons (Fsp3) is 0.800. The van der Waals surface area contributed by atoms with Crippen molar-refractivity contribution >= 4 is 33.1 Å². The Hall–Kier alpha value is -0.770. The molecule has 1 atom stereocenters. The van der Waals surface area contributed by atoms with Gasteiger partial charge in [-0.3, -0.25) is 4.79 Å². The lowest BCUT2D eigenvalue weighted by Crippen LogP contribution is -2.57. The van der Waals surface area contributed by atoms with Crippen LogP contribution in [-0.2, 0) is 19.6 Å². The molecule has 3 N–H and O–H groups in total. The predicted molar refractivity (Wildman–Crippen MR) is 73.0 cm³/mol.